The summed E-state index contributed by atoms with van der Waals surface area (Å²) in [6.45, 7) is 8.17. The molecule has 31 heavy (non-hydrogen) atoms. The molecule has 1 aromatic heterocycles. The van der Waals surface area contributed by atoms with Crippen LogP contribution in [0.3, 0.4) is 0 Å². The van der Waals surface area contributed by atoms with Crippen molar-refractivity contribution in [3.63, 3.8) is 0 Å². The lowest BCUT2D eigenvalue weighted by atomic mass is 10.1. The zero-order valence-electron chi connectivity index (χ0n) is 17.6. The summed E-state index contributed by atoms with van der Waals surface area (Å²) < 4.78 is 7.64. The monoisotopic (exact) mass is 423 g/mol. The lowest BCUT2D eigenvalue weighted by Gasteiger charge is -2.27. The molecule has 1 saturated heterocycles. The Hall–Kier alpha value is -3.30. The van der Waals surface area contributed by atoms with Crippen LogP contribution in [-0.4, -0.2) is 51.6 Å². The van der Waals surface area contributed by atoms with Crippen LogP contribution in [-0.2, 0) is 11.3 Å². The number of hydrogen-bond acceptors (Lipinski definition) is 6. The molecule has 9 nitrogen and oxygen atoms in total. The summed E-state index contributed by atoms with van der Waals surface area (Å²) in [6, 6.07) is 11.7. The number of fused-ring (bicyclic) bond motifs is 1. The highest BCUT2D eigenvalue weighted by Crippen LogP contribution is 2.26. The van der Waals surface area contributed by atoms with Gasteiger partial charge in [-0.3, -0.25) is 19.8 Å². The van der Waals surface area contributed by atoms with E-state index >= 15 is 0 Å². The number of imidazole rings is 1. The number of morpholine rings is 1. The smallest absolute Gasteiger partial charge is 0.282 e. The summed E-state index contributed by atoms with van der Waals surface area (Å²) in [7, 11) is 0. The molecule has 0 atom stereocenters. The van der Waals surface area contributed by atoms with Crippen molar-refractivity contribution < 1.29 is 14.5 Å². The Labute approximate surface area is 179 Å². The number of nitrogens with zero attached hydrogens (tertiary/aromatic N) is 4. The molecular weight excluding hydrogens is 398 g/mol. The van der Waals surface area contributed by atoms with Crippen LogP contribution in [0.1, 0.15) is 36.1 Å². The van der Waals surface area contributed by atoms with Crippen LogP contribution in [0.15, 0.2) is 42.5 Å². The molecule has 2 heterocycles. The van der Waals surface area contributed by atoms with Gasteiger partial charge >= 0.3 is 0 Å². The van der Waals surface area contributed by atoms with Gasteiger partial charge in [0.05, 0.1) is 35.7 Å². The van der Waals surface area contributed by atoms with Crippen LogP contribution in [0, 0.1) is 10.1 Å². The fraction of sp³-hybridized carbons (Fsp3) is 0.364. The van der Waals surface area contributed by atoms with E-state index in [0.717, 1.165) is 49.7 Å². The summed E-state index contributed by atoms with van der Waals surface area (Å²) in [5.41, 5.74) is 2.10. The van der Waals surface area contributed by atoms with Crippen molar-refractivity contribution in [3.05, 3.63) is 64.0 Å². The normalized spacial score (nSPS) is 14.8. The predicted octanol–water partition coefficient (Wildman–Crippen LogP) is 3.61. The number of ether oxygens (including phenoxy) is 1. The molecule has 1 fully saturated rings. The van der Waals surface area contributed by atoms with Gasteiger partial charge in [0.25, 0.3) is 11.6 Å². The first-order chi connectivity index (χ1) is 14.9. The molecule has 0 spiro atoms. The van der Waals surface area contributed by atoms with Gasteiger partial charge in [-0.25, -0.2) is 4.98 Å². The zero-order chi connectivity index (χ0) is 22.0. The molecule has 0 unspecified atom stereocenters. The first kappa shape index (κ1) is 21.0. The number of rotatable bonds is 6. The van der Waals surface area contributed by atoms with Crippen LogP contribution < -0.4 is 5.32 Å². The number of nitro benzene ring substituents is 1. The lowest BCUT2D eigenvalue weighted by molar-refractivity contribution is -0.385. The molecule has 0 radical (unpaired) electrons. The molecule has 4 rings (SSSR count). The third-order valence-corrected chi connectivity index (χ3v) is 5.35. The average Bonchev–Trinajstić information content (AvgIpc) is 3.11. The van der Waals surface area contributed by atoms with Gasteiger partial charge in [-0.2, -0.15) is 0 Å². The molecule has 2 aromatic carbocycles. The van der Waals surface area contributed by atoms with E-state index in [9.17, 15) is 14.9 Å². The Morgan fingerprint density at radius 3 is 2.68 bits per heavy atom. The molecular formula is C22H25N5O4. The highest BCUT2D eigenvalue weighted by atomic mass is 16.6. The number of nitrogens with one attached hydrogen (secondary N) is 1. The molecule has 0 saturated carbocycles. The number of carbonyl (C=O) groups excluding carboxylic acids is 1. The van der Waals surface area contributed by atoms with E-state index in [4.69, 9.17) is 9.72 Å². The van der Waals surface area contributed by atoms with Gasteiger partial charge in [-0.1, -0.05) is 12.1 Å². The summed E-state index contributed by atoms with van der Waals surface area (Å²) in [5, 5.41) is 14.0. The van der Waals surface area contributed by atoms with E-state index < -0.39 is 10.8 Å². The highest BCUT2D eigenvalue weighted by Gasteiger charge is 2.21. The summed E-state index contributed by atoms with van der Waals surface area (Å²) in [4.78, 5) is 30.5. The quantitative estimate of drug-likeness (QED) is 0.480. The third-order valence-electron chi connectivity index (χ3n) is 5.35. The van der Waals surface area contributed by atoms with Crippen LogP contribution in [0.25, 0.3) is 11.0 Å². The van der Waals surface area contributed by atoms with Crippen LogP contribution >= 0.6 is 0 Å². The van der Waals surface area contributed by atoms with Gasteiger partial charge < -0.3 is 14.6 Å². The molecule has 0 aliphatic carbocycles. The van der Waals surface area contributed by atoms with Gasteiger partial charge in [0.1, 0.15) is 11.4 Å². The number of aromatic nitrogens is 2. The first-order valence-corrected chi connectivity index (χ1v) is 10.3. The zero-order valence-corrected chi connectivity index (χ0v) is 17.6. The van der Waals surface area contributed by atoms with Gasteiger partial charge in [0.2, 0.25) is 0 Å². The highest BCUT2D eigenvalue weighted by molar-refractivity contribution is 6.07. The van der Waals surface area contributed by atoms with Crippen molar-refractivity contribution in [1.82, 2.24) is 14.5 Å². The first-order valence-electron chi connectivity index (χ1n) is 10.3. The molecule has 0 bridgehead atoms. The second-order valence-corrected chi connectivity index (χ2v) is 7.81. The minimum Gasteiger partial charge on any atom is -0.379 e. The van der Waals surface area contributed by atoms with Crippen LogP contribution in [0.2, 0.25) is 0 Å². The maximum absolute atomic E-state index is 12.7. The second kappa shape index (κ2) is 8.83. The molecule has 1 N–H and O–H groups in total. The van der Waals surface area contributed by atoms with Crippen LogP contribution in [0.5, 0.6) is 0 Å². The Morgan fingerprint density at radius 1 is 1.23 bits per heavy atom. The molecule has 1 amide bonds. The maximum atomic E-state index is 12.7. The number of nitro groups is 1. The standard InChI is InChI=1S/C22H25N5O4/c1-15(2)26-20-8-7-16(23-22(28)17-5-3-4-6-19(17)27(29)30)13-18(20)24-21(26)14-25-9-11-31-12-10-25/h3-8,13,15H,9-12,14H2,1-2H3,(H,23,28). The number of hydrogen-bond donors (Lipinski definition) is 1. The third kappa shape index (κ3) is 4.42. The van der Waals surface area contributed by atoms with Crippen molar-refractivity contribution >= 4 is 28.3 Å². The van der Waals surface area contributed by atoms with E-state index in [0.29, 0.717) is 5.69 Å². The van der Waals surface area contributed by atoms with E-state index in [1.807, 2.05) is 12.1 Å². The largest absolute Gasteiger partial charge is 0.379 e. The van der Waals surface area contributed by atoms with Crippen molar-refractivity contribution in [2.24, 2.45) is 0 Å². The Balaban J connectivity index is 1.62. The van der Waals surface area contributed by atoms with Gasteiger partial charge in [0.15, 0.2) is 0 Å². The fourth-order valence-corrected chi connectivity index (χ4v) is 3.90. The lowest BCUT2D eigenvalue weighted by Crippen LogP contribution is -2.36. The number of carbonyl (C=O) groups is 1. The predicted molar refractivity (Wildman–Crippen MR) is 117 cm³/mol. The number of amides is 1. The Kier molecular flexibility index (Phi) is 5.97. The van der Waals surface area contributed by atoms with Gasteiger partial charge in [0, 0.05) is 30.9 Å². The SMILES string of the molecule is CC(C)n1c(CN2CCOCC2)nc2cc(NC(=O)c3ccccc3[N+](=O)[O-])ccc21. The van der Waals surface area contributed by atoms with E-state index in [1.54, 1.807) is 12.1 Å². The number of para-hydroxylation sites is 1. The van der Waals surface area contributed by atoms with Crippen molar-refractivity contribution in [2.75, 3.05) is 31.6 Å². The van der Waals surface area contributed by atoms with Crippen LogP contribution in [0.4, 0.5) is 11.4 Å². The molecule has 9 heteroatoms. The second-order valence-electron chi connectivity index (χ2n) is 7.81. The topological polar surface area (TPSA) is 103 Å². The van der Waals surface area contributed by atoms with E-state index in [1.165, 1.54) is 18.2 Å². The van der Waals surface area contributed by atoms with Crippen molar-refractivity contribution in [3.8, 4) is 0 Å². The fourth-order valence-electron chi connectivity index (χ4n) is 3.90. The molecule has 1 aliphatic rings. The molecule has 162 valence electrons. The van der Waals surface area contributed by atoms with Crippen molar-refractivity contribution in [1.29, 1.82) is 0 Å². The van der Waals surface area contributed by atoms with Gasteiger partial charge in [-0.15, -0.1) is 0 Å². The Morgan fingerprint density at radius 2 is 1.97 bits per heavy atom. The van der Waals surface area contributed by atoms with E-state index in [2.05, 4.69) is 28.6 Å². The number of benzene rings is 2. The molecule has 1 aliphatic heterocycles. The maximum Gasteiger partial charge on any atom is 0.282 e. The minimum atomic E-state index is -0.555. The molecule has 3 aromatic rings. The van der Waals surface area contributed by atoms with Crippen molar-refractivity contribution in [2.45, 2.75) is 26.4 Å². The average molecular weight is 423 g/mol. The summed E-state index contributed by atoms with van der Waals surface area (Å²) in [6.07, 6.45) is 0. The Bertz CT molecular complexity index is 1120. The van der Waals surface area contributed by atoms with E-state index in [-0.39, 0.29) is 17.3 Å². The summed E-state index contributed by atoms with van der Waals surface area (Å²) in [5.74, 6) is 0.442. The minimum absolute atomic E-state index is 0.0216. The summed E-state index contributed by atoms with van der Waals surface area (Å²) >= 11 is 0. The van der Waals surface area contributed by atoms with Gasteiger partial charge in [-0.05, 0) is 38.1 Å². The number of anilines is 1.